The molecule has 0 radical (unpaired) electrons. The number of fused-ring (bicyclic) bond motifs is 1. The van der Waals surface area contributed by atoms with Gasteiger partial charge < -0.3 is 14.8 Å². The van der Waals surface area contributed by atoms with E-state index in [-0.39, 0.29) is 17.5 Å². The number of nitrogens with one attached hydrogen (secondary N) is 1. The summed E-state index contributed by atoms with van der Waals surface area (Å²) in [5.74, 6) is 1.01. The third-order valence-corrected chi connectivity index (χ3v) is 8.29. The number of hydrogen-bond donors (Lipinski definition) is 1. The molecule has 4 heterocycles. The molecule has 9 heteroatoms. The monoisotopic (exact) mass is 501 g/mol. The Balaban J connectivity index is 1.09. The third kappa shape index (κ3) is 4.03. The van der Waals surface area contributed by atoms with E-state index in [2.05, 4.69) is 9.97 Å². The summed E-state index contributed by atoms with van der Waals surface area (Å²) in [5.41, 5.74) is 3.69. The zero-order valence-electron chi connectivity index (χ0n) is 20.0. The molecule has 8 nitrogen and oxygen atoms in total. The van der Waals surface area contributed by atoms with Gasteiger partial charge in [0, 0.05) is 43.3 Å². The molecule has 0 saturated carbocycles. The van der Waals surface area contributed by atoms with Gasteiger partial charge in [0.25, 0.3) is 11.8 Å². The van der Waals surface area contributed by atoms with Crippen molar-refractivity contribution in [2.24, 2.45) is 11.8 Å². The zero-order valence-corrected chi connectivity index (χ0v) is 20.8. The standard InChI is InChI=1S/C27H27N5O3S/c1-17-2-5-21(6-3-17)32-23-7-4-19(14-22(23)29-27(32)35)25(33)31-15-20(16-31)18-8-11-30(12-9-18)26(34)24-28-10-13-36-24/h2-7,10,13-14,18,20H,8-9,11-12,15-16H2,1H3,(H,29,35). The average molecular weight is 502 g/mol. The van der Waals surface area contributed by atoms with Crippen LogP contribution in [0.25, 0.3) is 16.7 Å². The van der Waals surface area contributed by atoms with Crippen LogP contribution in [0.2, 0.25) is 0 Å². The molecule has 184 valence electrons. The highest BCUT2D eigenvalue weighted by atomic mass is 32.1. The number of aromatic amines is 1. The van der Waals surface area contributed by atoms with Crippen LogP contribution in [0.4, 0.5) is 0 Å². The number of rotatable bonds is 4. The second-order valence-corrected chi connectivity index (χ2v) is 10.7. The molecule has 2 aromatic heterocycles. The fraction of sp³-hybridized carbons (Fsp3) is 0.333. The summed E-state index contributed by atoms with van der Waals surface area (Å²) in [4.78, 5) is 49.1. The maximum absolute atomic E-state index is 13.1. The van der Waals surface area contributed by atoms with Gasteiger partial charge in [-0.15, -0.1) is 11.3 Å². The van der Waals surface area contributed by atoms with E-state index in [0.717, 1.165) is 55.8 Å². The van der Waals surface area contributed by atoms with E-state index in [9.17, 15) is 14.4 Å². The van der Waals surface area contributed by atoms with Gasteiger partial charge in [-0.05, 0) is 61.9 Å². The summed E-state index contributed by atoms with van der Waals surface area (Å²) in [7, 11) is 0. The predicted molar refractivity (Wildman–Crippen MR) is 139 cm³/mol. The molecular weight excluding hydrogens is 474 g/mol. The van der Waals surface area contributed by atoms with E-state index in [1.165, 1.54) is 11.3 Å². The van der Waals surface area contributed by atoms with Gasteiger partial charge >= 0.3 is 5.69 Å². The Hall–Kier alpha value is -3.72. The SMILES string of the molecule is Cc1ccc(-n2c(=O)[nH]c3cc(C(=O)N4CC(C5CCN(C(=O)c6nccs6)CC5)C4)ccc32)cc1. The number of likely N-dealkylation sites (tertiary alicyclic amines) is 2. The molecule has 0 bridgehead atoms. The number of nitrogens with zero attached hydrogens (tertiary/aromatic N) is 4. The van der Waals surface area contributed by atoms with Crippen LogP contribution in [0.3, 0.4) is 0 Å². The largest absolute Gasteiger partial charge is 0.338 e. The summed E-state index contributed by atoms with van der Waals surface area (Å²) in [6.07, 6.45) is 3.59. The first kappa shape index (κ1) is 22.7. The van der Waals surface area contributed by atoms with E-state index in [1.807, 2.05) is 52.4 Å². The minimum absolute atomic E-state index is 0.00605. The number of carbonyl (C=O) groups excluding carboxylic acids is 2. The molecule has 36 heavy (non-hydrogen) atoms. The van der Waals surface area contributed by atoms with Crippen LogP contribution in [0.15, 0.2) is 58.8 Å². The molecule has 2 aliphatic rings. The maximum atomic E-state index is 13.1. The lowest BCUT2D eigenvalue weighted by molar-refractivity contribution is 0.0228. The number of carbonyl (C=O) groups is 2. The predicted octanol–water partition coefficient (Wildman–Crippen LogP) is 3.71. The van der Waals surface area contributed by atoms with Gasteiger partial charge in [-0.2, -0.15) is 0 Å². The number of piperidine rings is 1. The number of benzene rings is 2. The Morgan fingerprint density at radius 1 is 0.972 bits per heavy atom. The quantitative estimate of drug-likeness (QED) is 0.462. The second-order valence-electron chi connectivity index (χ2n) is 9.77. The molecule has 0 atom stereocenters. The number of thiazole rings is 1. The molecule has 2 aliphatic heterocycles. The molecule has 2 aromatic carbocycles. The van der Waals surface area contributed by atoms with Gasteiger partial charge in [0.05, 0.1) is 16.7 Å². The first-order valence-electron chi connectivity index (χ1n) is 12.3. The minimum Gasteiger partial charge on any atom is -0.338 e. The molecule has 2 fully saturated rings. The lowest BCUT2D eigenvalue weighted by Gasteiger charge is -2.46. The molecule has 1 N–H and O–H groups in total. The van der Waals surface area contributed by atoms with Crippen LogP contribution in [0.5, 0.6) is 0 Å². The van der Waals surface area contributed by atoms with Crippen molar-refractivity contribution in [3.63, 3.8) is 0 Å². The molecule has 0 aliphatic carbocycles. The molecular formula is C27H27N5O3S. The lowest BCUT2D eigenvalue weighted by atomic mass is 9.79. The zero-order chi connectivity index (χ0) is 24.8. The van der Waals surface area contributed by atoms with Gasteiger partial charge in [-0.25, -0.2) is 9.78 Å². The summed E-state index contributed by atoms with van der Waals surface area (Å²) < 4.78 is 1.63. The van der Waals surface area contributed by atoms with Crippen molar-refractivity contribution in [1.29, 1.82) is 0 Å². The minimum atomic E-state index is -0.220. The van der Waals surface area contributed by atoms with Crippen LogP contribution in [0, 0.1) is 18.8 Å². The Kier molecular flexibility index (Phi) is 5.72. The Morgan fingerprint density at radius 2 is 1.72 bits per heavy atom. The first-order valence-corrected chi connectivity index (χ1v) is 13.2. The number of hydrogen-bond acceptors (Lipinski definition) is 5. The number of amides is 2. The van der Waals surface area contributed by atoms with Gasteiger partial charge in [0.15, 0.2) is 5.01 Å². The Labute approximate surface area is 212 Å². The van der Waals surface area contributed by atoms with E-state index in [1.54, 1.807) is 22.9 Å². The first-order chi connectivity index (χ1) is 17.5. The summed E-state index contributed by atoms with van der Waals surface area (Å²) in [5, 5.41) is 2.39. The highest BCUT2D eigenvalue weighted by molar-refractivity contribution is 7.11. The Bertz CT molecular complexity index is 1470. The summed E-state index contributed by atoms with van der Waals surface area (Å²) in [6.45, 7) is 4.98. The van der Waals surface area contributed by atoms with Crippen molar-refractivity contribution in [3.8, 4) is 5.69 Å². The summed E-state index contributed by atoms with van der Waals surface area (Å²) >= 11 is 1.38. The van der Waals surface area contributed by atoms with E-state index in [0.29, 0.717) is 27.9 Å². The van der Waals surface area contributed by atoms with Crippen molar-refractivity contribution in [1.82, 2.24) is 24.3 Å². The van der Waals surface area contributed by atoms with Crippen molar-refractivity contribution in [2.75, 3.05) is 26.2 Å². The highest BCUT2D eigenvalue weighted by Gasteiger charge is 2.38. The van der Waals surface area contributed by atoms with Crippen LogP contribution in [-0.4, -0.2) is 62.3 Å². The van der Waals surface area contributed by atoms with Gasteiger partial charge in [-0.3, -0.25) is 14.2 Å². The number of aromatic nitrogens is 3. The van der Waals surface area contributed by atoms with E-state index >= 15 is 0 Å². The number of H-pyrrole nitrogens is 1. The Morgan fingerprint density at radius 3 is 2.42 bits per heavy atom. The van der Waals surface area contributed by atoms with Crippen molar-refractivity contribution in [3.05, 3.63) is 80.7 Å². The van der Waals surface area contributed by atoms with Crippen LogP contribution >= 0.6 is 11.3 Å². The van der Waals surface area contributed by atoms with Gasteiger partial charge in [0.2, 0.25) is 0 Å². The molecule has 0 unspecified atom stereocenters. The van der Waals surface area contributed by atoms with Crippen molar-refractivity contribution < 1.29 is 9.59 Å². The van der Waals surface area contributed by atoms with Crippen molar-refractivity contribution >= 4 is 34.2 Å². The molecule has 4 aromatic rings. The smallest absolute Gasteiger partial charge is 0.331 e. The van der Waals surface area contributed by atoms with Crippen LogP contribution in [-0.2, 0) is 0 Å². The highest BCUT2D eigenvalue weighted by Crippen LogP contribution is 2.33. The fourth-order valence-electron chi connectivity index (χ4n) is 5.39. The van der Waals surface area contributed by atoms with Crippen LogP contribution in [0.1, 0.15) is 38.6 Å². The topological polar surface area (TPSA) is 91.3 Å². The van der Waals surface area contributed by atoms with Crippen LogP contribution < -0.4 is 5.69 Å². The molecule has 6 rings (SSSR count). The van der Waals surface area contributed by atoms with Crippen molar-refractivity contribution in [2.45, 2.75) is 19.8 Å². The molecule has 2 saturated heterocycles. The molecule has 0 spiro atoms. The second kappa shape index (κ2) is 9.05. The molecule has 2 amide bonds. The van der Waals surface area contributed by atoms with Gasteiger partial charge in [-0.1, -0.05) is 17.7 Å². The maximum Gasteiger partial charge on any atom is 0.331 e. The summed E-state index contributed by atoms with van der Waals surface area (Å²) in [6, 6.07) is 13.2. The third-order valence-electron chi connectivity index (χ3n) is 7.53. The number of aryl methyl sites for hydroxylation is 1. The lowest BCUT2D eigenvalue weighted by Crippen LogP contribution is -2.54. The normalized spacial score (nSPS) is 16.9. The van der Waals surface area contributed by atoms with E-state index in [4.69, 9.17) is 0 Å². The average Bonchev–Trinajstić information content (AvgIpc) is 3.51. The number of imidazole rings is 1. The fourth-order valence-corrected chi connectivity index (χ4v) is 5.99. The van der Waals surface area contributed by atoms with E-state index < -0.39 is 0 Å². The van der Waals surface area contributed by atoms with Gasteiger partial charge in [0.1, 0.15) is 0 Å².